The molecule has 0 fully saturated rings. The maximum atomic E-state index is 11.7. The van der Waals surface area contributed by atoms with Crippen LogP contribution < -0.4 is 0 Å². The van der Waals surface area contributed by atoms with E-state index in [4.69, 9.17) is 23.7 Å². The summed E-state index contributed by atoms with van der Waals surface area (Å²) in [6, 6.07) is 0. The molecule has 2 atom stereocenters. The normalized spacial score (nSPS) is 13.1. The fourth-order valence-corrected chi connectivity index (χ4v) is 2.90. The van der Waals surface area contributed by atoms with Crippen molar-refractivity contribution in [3.63, 3.8) is 0 Å². The van der Waals surface area contributed by atoms with Crippen LogP contribution in [0.4, 0.5) is 0 Å². The first-order valence-electron chi connectivity index (χ1n) is 12.8. The summed E-state index contributed by atoms with van der Waals surface area (Å²) in [5, 5.41) is 8.14. The largest absolute Gasteiger partial charge is 0.379 e. The summed E-state index contributed by atoms with van der Waals surface area (Å²) >= 11 is 0. The van der Waals surface area contributed by atoms with Crippen molar-refractivity contribution in [2.24, 2.45) is 11.8 Å². The lowest BCUT2D eigenvalue weighted by Gasteiger charge is -2.08. The van der Waals surface area contributed by atoms with Gasteiger partial charge in [-0.15, -0.1) is 5.10 Å². The van der Waals surface area contributed by atoms with E-state index >= 15 is 0 Å². The standard InChI is InChI=1S/C25H45N3O7/c1-5-21(3)24(29)7-10-31-13-15-33-12-9-28-19-23(26-27-28)20-35-18-17-34-16-14-32-11-8-25(30)22(4)6-2/h19,21-22H,5-18,20H2,1-4H3. The molecule has 1 rings (SSSR count). The van der Waals surface area contributed by atoms with Gasteiger partial charge in [-0.2, -0.15) is 0 Å². The van der Waals surface area contributed by atoms with Gasteiger partial charge in [-0.05, 0) is 12.8 Å². The number of carbonyl (C=O) groups is 2. The van der Waals surface area contributed by atoms with Crippen molar-refractivity contribution in [2.75, 3.05) is 59.5 Å². The number of nitrogens with zero attached hydrogens (tertiary/aromatic N) is 3. The molecule has 0 bridgehead atoms. The van der Waals surface area contributed by atoms with Crippen molar-refractivity contribution in [3.8, 4) is 0 Å². The van der Waals surface area contributed by atoms with Crippen molar-refractivity contribution >= 4 is 11.6 Å². The Balaban J connectivity index is 1.92. The molecule has 0 aliphatic carbocycles. The molecule has 202 valence electrons. The third-order valence-corrected chi connectivity index (χ3v) is 5.73. The Kier molecular flexibility index (Phi) is 18.3. The predicted octanol–water partition coefficient (Wildman–Crippen LogP) is 2.87. The van der Waals surface area contributed by atoms with Gasteiger partial charge in [-0.1, -0.05) is 32.9 Å². The van der Waals surface area contributed by atoms with Crippen LogP contribution in [-0.4, -0.2) is 86.0 Å². The van der Waals surface area contributed by atoms with Crippen molar-refractivity contribution < 1.29 is 33.3 Å². The molecule has 0 radical (unpaired) electrons. The van der Waals surface area contributed by atoms with E-state index in [2.05, 4.69) is 10.3 Å². The first-order chi connectivity index (χ1) is 17.0. The Hall–Kier alpha value is -1.72. The van der Waals surface area contributed by atoms with Crippen molar-refractivity contribution in [3.05, 3.63) is 11.9 Å². The highest BCUT2D eigenvalue weighted by atomic mass is 16.5. The van der Waals surface area contributed by atoms with E-state index in [0.29, 0.717) is 85.5 Å². The van der Waals surface area contributed by atoms with Crippen LogP contribution in [0.25, 0.3) is 0 Å². The highest BCUT2D eigenvalue weighted by Gasteiger charge is 2.10. The van der Waals surface area contributed by atoms with Gasteiger partial charge in [-0.3, -0.25) is 9.59 Å². The quantitative estimate of drug-likeness (QED) is 0.198. The first kappa shape index (κ1) is 31.3. The van der Waals surface area contributed by atoms with Crippen LogP contribution >= 0.6 is 0 Å². The van der Waals surface area contributed by atoms with Gasteiger partial charge in [0.25, 0.3) is 0 Å². The number of hydrogen-bond acceptors (Lipinski definition) is 9. The van der Waals surface area contributed by atoms with E-state index in [-0.39, 0.29) is 23.4 Å². The molecule has 0 spiro atoms. The lowest BCUT2D eigenvalue weighted by atomic mass is 10.0. The molecule has 0 N–H and O–H groups in total. The summed E-state index contributed by atoms with van der Waals surface area (Å²) in [5.41, 5.74) is 0.744. The van der Waals surface area contributed by atoms with E-state index in [9.17, 15) is 9.59 Å². The summed E-state index contributed by atoms with van der Waals surface area (Å²) < 4.78 is 29.1. The first-order valence-corrected chi connectivity index (χ1v) is 12.8. The Morgan fingerprint density at radius 3 is 1.71 bits per heavy atom. The summed E-state index contributed by atoms with van der Waals surface area (Å²) in [5.74, 6) is 0.712. The molecular weight excluding hydrogens is 454 g/mol. The van der Waals surface area contributed by atoms with E-state index in [1.54, 1.807) is 4.68 Å². The zero-order chi connectivity index (χ0) is 25.7. The second-order valence-electron chi connectivity index (χ2n) is 8.53. The fraction of sp³-hybridized carbons (Fsp3) is 0.840. The third kappa shape index (κ3) is 15.8. The lowest BCUT2D eigenvalue weighted by molar-refractivity contribution is -0.124. The Morgan fingerprint density at radius 1 is 0.743 bits per heavy atom. The summed E-state index contributed by atoms with van der Waals surface area (Å²) in [4.78, 5) is 23.4. The Labute approximate surface area is 210 Å². The second-order valence-corrected chi connectivity index (χ2v) is 8.53. The number of hydrogen-bond donors (Lipinski definition) is 0. The maximum absolute atomic E-state index is 11.7. The van der Waals surface area contributed by atoms with E-state index in [1.807, 2.05) is 33.9 Å². The van der Waals surface area contributed by atoms with Crippen LogP contribution in [0.5, 0.6) is 0 Å². The van der Waals surface area contributed by atoms with Crippen molar-refractivity contribution in [1.82, 2.24) is 15.0 Å². The number of carbonyl (C=O) groups excluding carboxylic acids is 2. The van der Waals surface area contributed by atoms with Gasteiger partial charge in [0.1, 0.15) is 17.3 Å². The van der Waals surface area contributed by atoms with Crippen LogP contribution in [0.2, 0.25) is 0 Å². The maximum Gasteiger partial charge on any atom is 0.137 e. The SMILES string of the molecule is CCC(C)C(=O)CCOCCOCCOCc1cn(CCOCCOCCC(=O)C(C)CC)nn1. The van der Waals surface area contributed by atoms with Gasteiger partial charge >= 0.3 is 0 Å². The van der Waals surface area contributed by atoms with Crippen LogP contribution in [0, 0.1) is 11.8 Å². The average Bonchev–Trinajstić information content (AvgIpc) is 3.32. The van der Waals surface area contributed by atoms with E-state index in [0.717, 1.165) is 18.5 Å². The molecular formula is C25H45N3O7. The molecule has 1 aromatic rings. The predicted molar refractivity (Wildman–Crippen MR) is 131 cm³/mol. The molecule has 0 saturated heterocycles. The third-order valence-electron chi connectivity index (χ3n) is 5.73. The van der Waals surface area contributed by atoms with Gasteiger partial charge in [-0.25, -0.2) is 4.68 Å². The molecule has 10 nitrogen and oxygen atoms in total. The fourth-order valence-electron chi connectivity index (χ4n) is 2.90. The molecule has 1 aromatic heterocycles. The van der Waals surface area contributed by atoms with Crippen LogP contribution in [0.1, 0.15) is 59.1 Å². The lowest BCUT2D eigenvalue weighted by Crippen LogP contribution is -2.15. The van der Waals surface area contributed by atoms with Crippen LogP contribution in [-0.2, 0) is 46.4 Å². The smallest absolute Gasteiger partial charge is 0.137 e. The molecule has 0 amide bonds. The van der Waals surface area contributed by atoms with Crippen molar-refractivity contribution in [1.29, 1.82) is 0 Å². The number of ether oxygens (including phenoxy) is 5. The van der Waals surface area contributed by atoms with Crippen LogP contribution in [0.3, 0.4) is 0 Å². The van der Waals surface area contributed by atoms with E-state index < -0.39 is 0 Å². The van der Waals surface area contributed by atoms with Gasteiger partial charge in [0, 0.05) is 24.7 Å². The molecule has 10 heteroatoms. The summed E-state index contributed by atoms with van der Waals surface area (Å²) in [6.07, 6.45) is 4.48. The number of aromatic nitrogens is 3. The topological polar surface area (TPSA) is 111 Å². The Morgan fingerprint density at radius 2 is 1.20 bits per heavy atom. The second kappa shape index (κ2) is 20.5. The van der Waals surface area contributed by atoms with Gasteiger partial charge < -0.3 is 23.7 Å². The van der Waals surface area contributed by atoms with Gasteiger partial charge in [0.15, 0.2) is 0 Å². The minimum Gasteiger partial charge on any atom is -0.379 e. The minimum atomic E-state index is 0.107. The zero-order valence-corrected chi connectivity index (χ0v) is 22.0. The molecule has 0 aliphatic heterocycles. The number of rotatable bonds is 24. The van der Waals surface area contributed by atoms with Crippen LogP contribution in [0.15, 0.2) is 6.20 Å². The van der Waals surface area contributed by atoms with Gasteiger partial charge in [0.2, 0.25) is 0 Å². The highest BCUT2D eigenvalue weighted by Crippen LogP contribution is 2.06. The molecule has 1 heterocycles. The number of ketones is 2. The van der Waals surface area contributed by atoms with Gasteiger partial charge in [0.05, 0.1) is 78.8 Å². The molecule has 0 aromatic carbocycles. The highest BCUT2D eigenvalue weighted by molar-refractivity contribution is 5.81. The average molecular weight is 500 g/mol. The Bertz CT molecular complexity index is 684. The zero-order valence-electron chi connectivity index (χ0n) is 22.0. The van der Waals surface area contributed by atoms with Crippen molar-refractivity contribution in [2.45, 2.75) is 66.5 Å². The van der Waals surface area contributed by atoms with E-state index in [1.165, 1.54) is 0 Å². The molecule has 35 heavy (non-hydrogen) atoms. The summed E-state index contributed by atoms with van der Waals surface area (Å²) in [7, 11) is 0. The minimum absolute atomic E-state index is 0.107. The molecule has 0 aliphatic rings. The number of Topliss-reactive ketones (excluding diaryl/α,β-unsaturated/α-hetero) is 2. The monoisotopic (exact) mass is 499 g/mol. The summed E-state index contributed by atoms with van der Waals surface area (Å²) in [6.45, 7) is 13.1. The molecule has 2 unspecified atom stereocenters. The molecule has 0 saturated carbocycles.